The summed E-state index contributed by atoms with van der Waals surface area (Å²) in [6.45, 7) is 1.69. The first-order valence-electron chi connectivity index (χ1n) is 6.01. The molecule has 1 heterocycles. The Kier molecular flexibility index (Phi) is 3.89. The Morgan fingerprint density at radius 3 is 2.80 bits per heavy atom. The number of anilines is 1. The summed E-state index contributed by atoms with van der Waals surface area (Å²) in [5.74, 6) is 4.53. The maximum atomic E-state index is 12.2. The molecule has 1 aromatic rings. The first kappa shape index (κ1) is 14.3. The quantitative estimate of drug-likeness (QED) is 0.863. The van der Waals surface area contributed by atoms with Crippen LogP contribution in [-0.2, 0) is 4.79 Å². The summed E-state index contributed by atoms with van der Waals surface area (Å²) in [6.07, 6.45) is -3.76. The van der Waals surface area contributed by atoms with Crippen LogP contribution in [0.25, 0.3) is 0 Å². The fourth-order valence-corrected chi connectivity index (χ4v) is 2.13. The molecule has 0 bridgehead atoms. The molecule has 1 aromatic carbocycles. The highest BCUT2D eigenvalue weighted by Crippen LogP contribution is 2.38. The third-order valence-electron chi connectivity index (χ3n) is 2.94. The van der Waals surface area contributed by atoms with Crippen LogP contribution in [0.2, 0.25) is 0 Å². The van der Waals surface area contributed by atoms with Crippen LogP contribution in [0.5, 0.6) is 5.75 Å². The monoisotopic (exact) mass is 283 g/mol. The van der Waals surface area contributed by atoms with Crippen LogP contribution in [0, 0.1) is 11.8 Å². The lowest BCUT2D eigenvalue weighted by Gasteiger charge is -2.11. The number of fused-ring (bicyclic) bond motifs is 1. The van der Waals surface area contributed by atoms with Gasteiger partial charge in [-0.1, -0.05) is 0 Å². The summed E-state index contributed by atoms with van der Waals surface area (Å²) in [5.41, 5.74) is 1.05. The van der Waals surface area contributed by atoms with Crippen LogP contribution in [0.4, 0.5) is 18.9 Å². The van der Waals surface area contributed by atoms with Gasteiger partial charge >= 0.3 is 6.36 Å². The summed E-state index contributed by atoms with van der Waals surface area (Å²) in [4.78, 5) is 11.8. The van der Waals surface area contributed by atoms with E-state index in [2.05, 4.69) is 21.9 Å². The molecule has 1 unspecified atom stereocenters. The normalized spacial score (nSPS) is 17.0. The van der Waals surface area contributed by atoms with Crippen molar-refractivity contribution in [1.29, 1.82) is 0 Å². The standard InChI is InChI=1S/C14H12F3NO2/c1-2-3-4-5-10-11-8-9(20-14(15,16)17)6-7-12(11)18-13(10)19/h6-8,10H,4-5H2,1H3,(H,18,19). The zero-order chi connectivity index (χ0) is 14.8. The van der Waals surface area contributed by atoms with Crippen molar-refractivity contribution in [3.8, 4) is 17.6 Å². The molecule has 0 aromatic heterocycles. The topological polar surface area (TPSA) is 38.3 Å². The Hall–Kier alpha value is -2.16. The number of nitrogens with one attached hydrogen (secondary N) is 1. The molecule has 0 radical (unpaired) electrons. The van der Waals surface area contributed by atoms with E-state index >= 15 is 0 Å². The molecule has 20 heavy (non-hydrogen) atoms. The van der Waals surface area contributed by atoms with Crippen molar-refractivity contribution in [3.63, 3.8) is 0 Å². The van der Waals surface area contributed by atoms with Gasteiger partial charge < -0.3 is 10.1 Å². The van der Waals surface area contributed by atoms with Gasteiger partial charge in [-0.05, 0) is 37.1 Å². The van der Waals surface area contributed by atoms with E-state index in [1.165, 1.54) is 18.2 Å². The summed E-state index contributed by atoms with van der Waals surface area (Å²) in [5, 5.41) is 2.64. The van der Waals surface area contributed by atoms with E-state index in [1.54, 1.807) is 6.92 Å². The molecule has 1 atom stereocenters. The minimum atomic E-state index is -4.74. The maximum absolute atomic E-state index is 12.2. The second kappa shape index (κ2) is 5.45. The lowest BCUT2D eigenvalue weighted by Crippen LogP contribution is -2.17. The molecule has 0 fully saturated rings. The average Bonchev–Trinajstić information content (AvgIpc) is 2.64. The number of benzene rings is 1. The number of alkyl halides is 3. The third-order valence-corrected chi connectivity index (χ3v) is 2.94. The van der Waals surface area contributed by atoms with Crippen molar-refractivity contribution >= 4 is 11.6 Å². The van der Waals surface area contributed by atoms with Gasteiger partial charge in [0.1, 0.15) is 5.75 Å². The van der Waals surface area contributed by atoms with E-state index < -0.39 is 12.3 Å². The summed E-state index contributed by atoms with van der Waals surface area (Å²) >= 11 is 0. The van der Waals surface area contributed by atoms with Gasteiger partial charge in [-0.2, -0.15) is 0 Å². The van der Waals surface area contributed by atoms with Crippen molar-refractivity contribution in [2.75, 3.05) is 5.32 Å². The Balaban J connectivity index is 2.22. The Morgan fingerprint density at radius 2 is 2.15 bits per heavy atom. The molecule has 1 aliphatic heterocycles. The summed E-state index contributed by atoms with van der Waals surface area (Å²) in [6, 6.07) is 3.85. The highest BCUT2D eigenvalue weighted by atomic mass is 19.4. The molecule has 1 amide bonds. The number of ether oxygens (including phenoxy) is 1. The van der Waals surface area contributed by atoms with Gasteiger partial charge in [0.05, 0.1) is 5.92 Å². The van der Waals surface area contributed by atoms with Crippen LogP contribution >= 0.6 is 0 Å². The average molecular weight is 283 g/mol. The van der Waals surface area contributed by atoms with Gasteiger partial charge in [0.25, 0.3) is 0 Å². The van der Waals surface area contributed by atoms with Crippen molar-refractivity contribution in [2.24, 2.45) is 0 Å². The van der Waals surface area contributed by atoms with E-state index in [-0.39, 0.29) is 11.7 Å². The van der Waals surface area contributed by atoms with Crippen LogP contribution in [0.1, 0.15) is 31.2 Å². The third kappa shape index (κ3) is 3.23. The molecule has 1 aliphatic rings. The second-order valence-corrected chi connectivity index (χ2v) is 4.30. The fourth-order valence-electron chi connectivity index (χ4n) is 2.13. The molecule has 6 heteroatoms. The predicted octanol–water partition coefficient (Wildman–Crippen LogP) is 3.42. The molecular weight excluding hydrogens is 271 g/mol. The van der Waals surface area contributed by atoms with Gasteiger partial charge in [0.2, 0.25) is 5.91 Å². The minimum absolute atomic E-state index is 0.220. The molecule has 3 nitrogen and oxygen atoms in total. The zero-order valence-corrected chi connectivity index (χ0v) is 10.7. The minimum Gasteiger partial charge on any atom is -0.406 e. The van der Waals surface area contributed by atoms with Gasteiger partial charge in [-0.25, -0.2) is 0 Å². The molecule has 0 saturated heterocycles. The fraction of sp³-hybridized carbons (Fsp3) is 0.357. The highest BCUT2D eigenvalue weighted by molar-refractivity contribution is 6.03. The smallest absolute Gasteiger partial charge is 0.406 e. The van der Waals surface area contributed by atoms with Crippen molar-refractivity contribution in [2.45, 2.75) is 32.0 Å². The molecule has 1 N–H and O–H groups in total. The van der Waals surface area contributed by atoms with Gasteiger partial charge in [0.15, 0.2) is 0 Å². The van der Waals surface area contributed by atoms with E-state index in [4.69, 9.17) is 0 Å². The SMILES string of the molecule is CC#CCCC1C(=O)Nc2ccc(OC(F)(F)F)cc21. The van der Waals surface area contributed by atoms with Crippen molar-refractivity contribution in [3.05, 3.63) is 23.8 Å². The summed E-state index contributed by atoms with van der Waals surface area (Å²) < 4.78 is 40.4. The first-order valence-corrected chi connectivity index (χ1v) is 6.01. The van der Waals surface area contributed by atoms with Crippen LogP contribution < -0.4 is 10.1 Å². The van der Waals surface area contributed by atoms with E-state index in [1.807, 2.05) is 0 Å². The Morgan fingerprint density at radius 1 is 1.40 bits per heavy atom. The largest absolute Gasteiger partial charge is 0.573 e. The zero-order valence-electron chi connectivity index (χ0n) is 10.7. The number of halogens is 3. The molecule has 0 spiro atoms. The first-order chi connectivity index (χ1) is 9.40. The van der Waals surface area contributed by atoms with Crippen molar-refractivity contribution < 1.29 is 22.7 Å². The van der Waals surface area contributed by atoms with Crippen LogP contribution in [0.15, 0.2) is 18.2 Å². The summed E-state index contributed by atoms with van der Waals surface area (Å²) in [7, 11) is 0. The van der Waals surface area contributed by atoms with Gasteiger partial charge in [0, 0.05) is 12.1 Å². The number of rotatable bonds is 3. The van der Waals surface area contributed by atoms with E-state index in [0.29, 0.717) is 24.1 Å². The van der Waals surface area contributed by atoms with Crippen molar-refractivity contribution in [1.82, 2.24) is 0 Å². The molecular formula is C14H12F3NO2. The lowest BCUT2D eigenvalue weighted by atomic mass is 9.95. The highest BCUT2D eigenvalue weighted by Gasteiger charge is 2.34. The molecule has 0 aliphatic carbocycles. The van der Waals surface area contributed by atoms with E-state index in [0.717, 1.165) is 0 Å². The molecule has 0 saturated carbocycles. The lowest BCUT2D eigenvalue weighted by molar-refractivity contribution is -0.274. The number of carbonyl (C=O) groups is 1. The molecule has 106 valence electrons. The van der Waals surface area contributed by atoms with Crippen LogP contribution in [0.3, 0.4) is 0 Å². The second-order valence-electron chi connectivity index (χ2n) is 4.30. The maximum Gasteiger partial charge on any atom is 0.573 e. The van der Waals surface area contributed by atoms with E-state index in [9.17, 15) is 18.0 Å². The number of hydrogen-bond donors (Lipinski definition) is 1. The van der Waals surface area contributed by atoms with Gasteiger partial charge in [-0.3, -0.25) is 4.79 Å². The molecule has 2 rings (SSSR count). The van der Waals surface area contributed by atoms with Crippen LogP contribution in [-0.4, -0.2) is 12.3 Å². The number of amides is 1. The predicted molar refractivity (Wildman–Crippen MR) is 67.2 cm³/mol. The number of hydrogen-bond acceptors (Lipinski definition) is 2. The Bertz CT molecular complexity index is 584. The Labute approximate surface area is 114 Å². The number of carbonyl (C=O) groups excluding carboxylic acids is 1. The van der Waals surface area contributed by atoms with Gasteiger partial charge in [-0.15, -0.1) is 25.0 Å².